The summed E-state index contributed by atoms with van der Waals surface area (Å²) < 4.78 is 7.69. The van der Waals surface area contributed by atoms with Crippen LogP contribution in [0.2, 0.25) is 0 Å². The Bertz CT molecular complexity index is 464. The number of ether oxygens (including phenoxy) is 1. The number of hydrogen-bond acceptors (Lipinski definition) is 3. The van der Waals surface area contributed by atoms with Gasteiger partial charge in [0.1, 0.15) is 4.70 Å². The Morgan fingerprint density at radius 1 is 1.50 bits per heavy atom. The average molecular weight is 208 g/mol. The highest BCUT2D eigenvalue weighted by Gasteiger charge is 2.14. The van der Waals surface area contributed by atoms with Crippen molar-refractivity contribution in [3.63, 3.8) is 0 Å². The molecule has 2 rings (SSSR count). The van der Waals surface area contributed by atoms with E-state index in [-0.39, 0.29) is 12.5 Å². The summed E-state index contributed by atoms with van der Waals surface area (Å²) in [7, 11) is 1.40. The quantitative estimate of drug-likeness (QED) is 0.551. The number of hydrogen-bond donors (Lipinski definition) is 0. The molecule has 0 N–H and O–H groups in total. The van der Waals surface area contributed by atoms with Gasteiger partial charge in [-0.3, -0.25) is 0 Å². The van der Waals surface area contributed by atoms with E-state index in [2.05, 4.69) is 4.74 Å². The molecule has 0 amide bonds. The molecule has 72 valence electrons. The van der Waals surface area contributed by atoms with E-state index in [0.717, 1.165) is 5.52 Å². The third kappa shape index (κ3) is 1.61. The summed E-state index contributed by atoms with van der Waals surface area (Å²) in [6, 6.07) is 7.98. The van der Waals surface area contributed by atoms with E-state index in [1.165, 1.54) is 11.8 Å². The number of benzene rings is 1. The van der Waals surface area contributed by atoms with Crippen LogP contribution < -0.4 is 4.57 Å². The number of rotatable bonds is 2. The lowest BCUT2D eigenvalue weighted by Crippen LogP contribution is -2.36. The first-order valence-corrected chi connectivity index (χ1v) is 5.11. The van der Waals surface area contributed by atoms with Gasteiger partial charge in [0.15, 0.2) is 0 Å². The first-order valence-electron chi connectivity index (χ1n) is 4.24. The van der Waals surface area contributed by atoms with Crippen molar-refractivity contribution in [3.05, 3.63) is 29.8 Å². The third-order valence-corrected chi connectivity index (χ3v) is 2.97. The molecule has 0 unspecified atom stereocenters. The van der Waals surface area contributed by atoms with Crippen LogP contribution >= 0.6 is 11.3 Å². The summed E-state index contributed by atoms with van der Waals surface area (Å²) in [5, 5.41) is 0. The zero-order valence-electron chi connectivity index (χ0n) is 7.77. The molecule has 0 bridgehead atoms. The molecule has 0 aliphatic rings. The standard InChI is InChI=1S/C10H10NO2S/c1-13-10(12)6-11-7-14-9-5-3-2-4-8(9)11/h2-5,7H,6H2,1H3/q+1. The Balaban J connectivity index is 2.38. The molecule has 0 saturated carbocycles. The smallest absolute Gasteiger partial charge is 0.372 e. The molecule has 2 aromatic rings. The van der Waals surface area contributed by atoms with Crippen molar-refractivity contribution < 1.29 is 14.1 Å². The highest BCUT2D eigenvalue weighted by molar-refractivity contribution is 7.16. The van der Waals surface area contributed by atoms with Crippen molar-refractivity contribution >= 4 is 27.5 Å². The maximum absolute atomic E-state index is 11.1. The van der Waals surface area contributed by atoms with Gasteiger partial charge in [-0.2, -0.15) is 4.57 Å². The van der Waals surface area contributed by atoms with Gasteiger partial charge in [0, 0.05) is 6.07 Å². The van der Waals surface area contributed by atoms with Crippen molar-refractivity contribution in [2.75, 3.05) is 7.11 Å². The second kappa shape index (κ2) is 3.75. The number of carbonyl (C=O) groups is 1. The van der Waals surface area contributed by atoms with Crippen LogP contribution in [0.25, 0.3) is 10.2 Å². The van der Waals surface area contributed by atoms with Crippen LogP contribution in [0.1, 0.15) is 0 Å². The summed E-state index contributed by atoms with van der Waals surface area (Å²) in [5.41, 5.74) is 3.00. The molecule has 0 fully saturated rings. The molecular formula is C10H10NO2S+. The van der Waals surface area contributed by atoms with Gasteiger partial charge in [0.25, 0.3) is 0 Å². The van der Waals surface area contributed by atoms with Crippen LogP contribution in [0.15, 0.2) is 29.8 Å². The normalized spacial score (nSPS) is 10.4. The molecule has 0 saturated heterocycles. The van der Waals surface area contributed by atoms with Gasteiger partial charge in [-0.25, -0.2) is 4.79 Å². The Hall–Kier alpha value is -1.42. The van der Waals surface area contributed by atoms with Gasteiger partial charge in [0.2, 0.25) is 17.6 Å². The van der Waals surface area contributed by atoms with Crippen LogP contribution in [-0.4, -0.2) is 13.1 Å². The van der Waals surface area contributed by atoms with Crippen LogP contribution in [0, 0.1) is 0 Å². The van der Waals surface area contributed by atoms with E-state index in [0.29, 0.717) is 0 Å². The number of esters is 1. The number of methoxy groups -OCH3 is 1. The average Bonchev–Trinajstić information content (AvgIpc) is 2.62. The number of carbonyl (C=O) groups excluding carboxylic acids is 1. The first-order chi connectivity index (χ1) is 6.81. The van der Waals surface area contributed by atoms with E-state index in [1.54, 1.807) is 11.3 Å². The fourth-order valence-corrected chi connectivity index (χ4v) is 2.19. The van der Waals surface area contributed by atoms with Gasteiger partial charge in [-0.15, -0.1) is 0 Å². The molecule has 1 aromatic carbocycles. The second-order valence-corrected chi connectivity index (χ2v) is 3.78. The Labute approximate surface area is 85.6 Å². The van der Waals surface area contributed by atoms with E-state index in [4.69, 9.17) is 0 Å². The minimum atomic E-state index is -0.224. The molecule has 0 aliphatic carbocycles. The zero-order chi connectivity index (χ0) is 9.97. The van der Waals surface area contributed by atoms with Crippen LogP contribution in [0.4, 0.5) is 0 Å². The lowest BCUT2D eigenvalue weighted by Gasteiger charge is -1.92. The number of thiazole rings is 1. The monoisotopic (exact) mass is 208 g/mol. The molecule has 3 nitrogen and oxygen atoms in total. The Morgan fingerprint density at radius 2 is 2.29 bits per heavy atom. The SMILES string of the molecule is COC(=O)C[n+]1csc2ccccc21. The van der Waals surface area contributed by atoms with Gasteiger partial charge in [0.05, 0.1) is 7.11 Å². The van der Waals surface area contributed by atoms with Crippen LogP contribution in [0.5, 0.6) is 0 Å². The fourth-order valence-electron chi connectivity index (χ4n) is 1.30. The molecule has 0 radical (unpaired) electrons. The number of para-hydroxylation sites is 1. The number of aromatic nitrogens is 1. The molecule has 0 spiro atoms. The molecule has 14 heavy (non-hydrogen) atoms. The van der Waals surface area contributed by atoms with Crippen molar-refractivity contribution in [2.24, 2.45) is 0 Å². The predicted molar refractivity (Wildman–Crippen MR) is 54.0 cm³/mol. The van der Waals surface area contributed by atoms with Crippen LogP contribution in [0.3, 0.4) is 0 Å². The van der Waals surface area contributed by atoms with Crippen molar-refractivity contribution in [3.8, 4) is 0 Å². The molecule has 0 aliphatic heterocycles. The van der Waals surface area contributed by atoms with Crippen molar-refractivity contribution in [1.29, 1.82) is 0 Å². The lowest BCUT2D eigenvalue weighted by molar-refractivity contribution is -0.655. The van der Waals surface area contributed by atoms with Gasteiger partial charge < -0.3 is 4.74 Å². The van der Waals surface area contributed by atoms with Crippen molar-refractivity contribution in [2.45, 2.75) is 6.54 Å². The zero-order valence-corrected chi connectivity index (χ0v) is 8.58. The van der Waals surface area contributed by atoms with Gasteiger partial charge >= 0.3 is 5.97 Å². The van der Waals surface area contributed by atoms with Crippen LogP contribution in [-0.2, 0) is 16.1 Å². The second-order valence-electron chi connectivity index (χ2n) is 2.90. The summed E-state index contributed by atoms with van der Waals surface area (Å²) in [4.78, 5) is 11.1. The number of fused-ring (bicyclic) bond motifs is 1. The van der Waals surface area contributed by atoms with E-state index < -0.39 is 0 Å². The van der Waals surface area contributed by atoms with Crippen molar-refractivity contribution in [1.82, 2.24) is 0 Å². The molecule has 1 heterocycles. The maximum Gasteiger partial charge on any atom is 0.372 e. The maximum atomic E-state index is 11.1. The minimum absolute atomic E-state index is 0.224. The highest BCUT2D eigenvalue weighted by Crippen LogP contribution is 2.14. The fraction of sp³-hybridized carbons (Fsp3) is 0.200. The third-order valence-electron chi connectivity index (χ3n) is 2.01. The van der Waals surface area contributed by atoms with Gasteiger partial charge in [-0.05, 0) is 6.07 Å². The first kappa shape index (κ1) is 9.15. The summed E-state index contributed by atoms with van der Waals surface area (Å²) in [5.74, 6) is -0.224. The predicted octanol–water partition coefficient (Wildman–Crippen LogP) is 1.36. The van der Waals surface area contributed by atoms with E-state index >= 15 is 0 Å². The molecule has 0 atom stereocenters. The molecule has 1 aromatic heterocycles. The molecular weight excluding hydrogens is 198 g/mol. The Morgan fingerprint density at radius 3 is 3.07 bits per heavy atom. The number of nitrogens with zero attached hydrogens (tertiary/aromatic N) is 1. The summed E-state index contributed by atoms with van der Waals surface area (Å²) >= 11 is 1.62. The lowest BCUT2D eigenvalue weighted by atomic mass is 10.3. The topological polar surface area (TPSA) is 30.2 Å². The molecule has 4 heteroatoms. The van der Waals surface area contributed by atoms with Gasteiger partial charge in [-0.1, -0.05) is 23.5 Å². The highest BCUT2D eigenvalue weighted by atomic mass is 32.1. The summed E-state index contributed by atoms with van der Waals surface area (Å²) in [6.45, 7) is 0.278. The van der Waals surface area contributed by atoms with E-state index in [1.807, 2.05) is 34.3 Å². The summed E-state index contributed by atoms with van der Waals surface area (Å²) in [6.07, 6.45) is 0. The Kier molecular flexibility index (Phi) is 2.45. The van der Waals surface area contributed by atoms with E-state index in [9.17, 15) is 4.79 Å². The largest absolute Gasteiger partial charge is 0.464 e. The minimum Gasteiger partial charge on any atom is -0.464 e.